The summed E-state index contributed by atoms with van der Waals surface area (Å²) in [6.07, 6.45) is -0.0737. The highest BCUT2D eigenvalue weighted by molar-refractivity contribution is 5.84. The molecule has 0 aliphatic rings. The van der Waals surface area contributed by atoms with Crippen molar-refractivity contribution in [3.05, 3.63) is 23.8 Å². The molecule has 0 heterocycles. The molecule has 0 spiro atoms. The molecule has 9 nitrogen and oxygen atoms in total. The van der Waals surface area contributed by atoms with Crippen LogP contribution >= 0.6 is 0 Å². The van der Waals surface area contributed by atoms with Gasteiger partial charge in [-0.1, -0.05) is 6.07 Å². The van der Waals surface area contributed by atoms with E-state index in [-0.39, 0.29) is 24.5 Å². The molecule has 0 saturated carbocycles. The highest BCUT2D eigenvalue weighted by Crippen LogP contribution is 2.29. The number of ether oxygens (including phenoxy) is 2. The summed E-state index contributed by atoms with van der Waals surface area (Å²) in [5.74, 6) is -3.08. The van der Waals surface area contributed by atoms with E-state index in [4.69, 9.17) is 20.3 Å². The normalized spacial score (nSPS) is 11.3. The number of esters is 2. The fraction of sp³-hybridized carbons (Fsp3) is 0.333. The molecule has 1 amide bonds. The maximum Gasteiger partial charge on any atom is 0.326 e. The smallest absolute Gasteiger partial charge is 0.326 e. The molecule has 1 aromatic carbocycles. The van der Waals surface area contributed by atoms with E-state index >= 15 is 0 Å². The van der Waals surface area contributed by atoms with E-state index in [9.17, 15) is 19.2 Å². The zero-order chi connectivity index (χ0) is 18.3. The Morgan fingerprint density at radius 1 is 1.12 bits per heavy atom. The van der Waals surface area contributed by atoms with Crippen LogP contribution in [0.15, 0.2) is 18.2 Å². The van der Waals surface area contributed by atoms with Gasteiger partial charge in [-0.25, -0.2) is 4.79 Å². The Balaban J connectivity index is 3.05. The fourth-order valence-electron chi connectivity index (χ4n) is 1.84. The SMILES string of the molecule is CC(=O)Oc1ccc(CC(NC(=O)CN)C(=O)O)cc1OC(C)=O. The van der Waals surface area contributed by atoms with E-state index in [1.165, 1.54) is 32.0 Å². The minimum Gasteiger partial charge on any atom is -0.480 e. The molecule has 0 aliphatic carbocycles. The number of hydrogen-bond donors (Lipinski definition) is 3. The molecule has 1 rings (SSSR count). The van der Waals surface area contributed by atoms with Crippen LogP contribution in [0.5, 0.6) is 11.5 Å². The predicted molar refractivity (Wildman–Crippen MR) is 81.4 cm³/mol. The second-order valence-corrected chi connectivity index (χ2v) is 4.83. The number of nitrogens with one attached hydrogen (secondary N) is 1. The Labute approximate surface area is 137 Å². The number of carboxylic acids is 1. The van der Waals surface area contributed by atoms with Gasteiger partial charge in [0.15, 0.2) is 11.5 Å². The number of amides is 1. The second kappa shape index (κ2) is 8.63. The van der Waals surface area contributed by atoms with Gasteiger partial charge in [-0.2, -0.15) is 0 Å². The average molecular weight is 338 g/mol. The van der Waals surface area contributed by atoms with E-state index in [2.05, 4.69) is 5.32 Å². The minimum atomic E-state index is -1.24. The molecular formula is C15H18N2O7. The van der Waals surface area contributed by atoms with Gasteiger partial charge in [0.2, 0.25) is 5.91 Å². The van der Waals surface area contributed by atoms with Gasteiger partial charge in [0, 0.05) is 20.3 Å². The first-order valence-electron chi connectivity index (χ1n) is 6.95. The van der Waals surface area contributed by atoms with Crippen LogP contribution < -0.4 is 20.5 Å². The van der Waals surface area contributed by atoms with E-state index in [0.717, 1.165) is 0 Å². The Kier molecular flexibility index (Phi) is 6.87. The molecule has 130 valence electrons. The molecule has 0 aromatic heterocycles. The van der Waals surface area contributed by atoms with Gasteiger partial charge in [-0.05, 0) is 17.7 Å². The lowest BCUT2D eigenvalue weighted by molar-refractivity contribution is -0.141. The molecule has 1 unspecified atom stereocenters. The zero-order valence-electron chi connectivity index (χ0n) is 13.2. The molecule has 0 radical (unpaired) electrons. The summed E-state index contributed by atoms with van der Waals surface area (Å²) >= 11 is 0. The van der Waals surface area contributed by atoms with Crippen LogP contribution in [0.25, 0.3) is 0 Å². The van der Waals surface area contributed by atoms with Crippen LogP contribution in [0.3, 0.4) is 0 Å². The van der Waals surface area contributed by atoms with Gasteiger partial charge in [-0.15, -0.1) is 0 Å². The summed E-state index contributed by atoms with van der Waals surface area (Å²) in [7, 11) is 0. The van der Waals surface area contributed by atoms with Crippen LogP contribution in [-0.2, 0) is 25.6 Å². The molecule has 24 heavy (non-hydrogen) atoms. The van der Waals surface area contributed by atoms with Crippen molar-refractivity contribution in [2.45, 2.75) is 26.3 Å². The Bertz CT molecular complexity index is 657. The van der Waals surface area contributed by atoms with Crippen molar-refractivity contribution in [3.8, 4) is 11.5 Å². The number of benzene rings is 1. The second-order valence-electron chi connectivity index (χ2n) is 4.83. The maximum absolute atomic E-state index is 11.3. The molecule has 0 aliphatic heterocycles. The molecule has 4 N–H and O–H groups in total. The van der Waals surface area contributed by atoms with Gasteiger partial charge in [0.1, 0.15) is 6.04 Å². The lowest BCUT2D eigenvalue weighted by Crippen LogP contribution is -2.44. The van der Waals surface area contributed by atoms with Gasteiger partial charge in [0.05, 0.1) is 6.54 Å². The van der Waals surface area contributed by atoms with Gasteiger partial charge in [0.25, 0.3) is 0 Å². The van der Waals surface area contributed by atoms with Crippen LogP contribution in [-0.4, -0.2) is 41.5 Å². The third kappa shape index (κ3) is 6.05. The summed E-state index contributed by atoms with van der Waals surface area (Å²) in [5.41, 5.74) is 5.60. The Morgan fingerprint density at radius 3 is 2.21 bits per heavy atom. The third-order valence-corrected chi connectivity index (χ3v) is 2.77. The first-order valence-corrected chi connectivity index (χ1v) is 6.95. The molecule has 1 aromatic rings. The van der Waals surface area contributed by atoms with Crippen molar-refractivity contribution in [1.82, 2.24) is 5.32 Å². The fourth-order valence-corrected chi connectivity index (χ4v) is 1.84. The number of carbonyl (C=O) groups excluding carboxylic acids is 3. The van der Waals surface area contributed by atoms with Crippen molar-refractivity contribution in [2.75, 3.05) is 6.54 Å². The monoisotopic (exact) mass is 338 g/mol. The van der Waals surface area contributed by atoms with Crippen molar-refractivity contribution in [2.24, 2.45) is 5.73 Å². The number of hydrogen-bond acceptors (Lipinski definition) is 7. The number of aliphatic carboxylic acids is 1. The summed E-state index contributed by atoms with van der Waals surface area (Å²) in [6.45, 7) is 2.02. The quantitative estimate of drug-likeness (QED) is 0.450. The molecule has 0 bridgehead atoms. The Morgan fingerprint density at radius 2 is 1.71 bits per heavy atom. The van der Waals surface area contributed by atoms with Crippen LogP contribution in [0.2, 0.25) is 0 Å². The van der Waals surface area contributed by atoms with Gasteiger partial charge in [-0.3, -0.25) is 14.4 Å². The van der Waals surface area contributed by atoms with Crippen LogP contribution in [0.1, 0.15) is 19.4 Å². The zero-order valence-corrected chi connectivity index (χ0v) is 13.2. The average Bonchev–Trinajstić information content (AvgIpc) is 2.47. The summed E-state index contributed by atoms with van der Waals surface area (Å²) in [4.78, 5) is 44.7. The van der Waals surface area contributed by atoms with Crippen molar-refractivity contribution >= 4 is 23.8 Å². The van der Waals surface area contributed by atoms with E-state index in [1.54, 1.807) is 0 Å². The molecule has 0 fully saturated rings. The van der Waals surface area contributed by atoms with E-state index in [0.29, 0.717) is 5.56 Å². The maximum atomic E-state index is 11.3. The number of carbonyl (C=O) groups is 4. The minimum absolute atomic E-state index is 0.0236. The topological polar surface area (TPSA) is 145 Å². The van der Waals surface area contributed by atoms with Crippen LogP contribution in [0, 0.1) is 0 Å². The summed E-state index contributed by atoms with van der Waals surface area (Å²) in [6, 6.07) is 3.03. The first-order chi connectivity index (χ1) is 11.2. The van der Waals surface area contributed by atoms with E-state index in [1.807, 2.05) is 0 Å². The van der Waals surface area contributed by atoms with Crippen molar-refractivity contribution < 1.29 is 33.8 Å². The molecule has 0 saturated heterocycles. The standard InChI is InChI=1S/C15H18N2O7/c1-8(18)23-12-4-3-10(6-13(12)24-9(2)19)5-11(15(21)22)17-14(20)7-16/h3-4,6,11H,5,7,16H2,1-2H3,(H,17,20)(H,21,22). The Hall–Kier alpha value is -2.94. The predicted octanol–water partition coefficient (Wildman–Crippen LogP) is -0.392. The van der Waals surface area contributed by atoms with Gasteiger partial charge < -0.3 is 25.6 Å². The van der Waals surface area contributed by atoms with Crippen molar-refractivity contribution in [1.29, 1.82) is 0 Å². The molecule has 1 atom stereocenters. The summed E-state index contributed by atoms with van der Waals surface area (Å²) in [5, 5.41) is 11.4. The number of carboxylic acid groups (broad SMARTS) is 1. The van der Waals surface area contributed by atoms with Crippen LogP contribution in [0.4, 0.5) is 0 Å². The van der Waals surface area contributed by atoms with E-state index < -0.39 is 29.9 Å². The number of nitrogens with two attached hydrogens (primary N) is 1. The largest absolute Gasteiger partial charge is 0.480 e. The first kappa shape index (κ1) is 19.1. The highest BCUT2D eigenvalue weighted by atomic mass is 16.6. The van der Waals surface area contributed by atoms with Crippen molar-refractivity contribution in [3.63, 3.8) is 0 Å². The lowest BCUT2D eigenvalue weighted by Gasteiger charge is -2.15. The highest BCUT2D eigenvalue weighted by Gasteiger charge is 2.21. The molecule has 9 heteroatoms. The number of rotatable bonds is 7. The molecular weight excluding hydrogens is 320 g/mol. The lowest BCUT2D eigenvalue weighted by atomic mass is 10.1. The summed E-state index contributed by atoms with van der Waals surface area (Å²) < 4.78 is 9.88. The van der Waals surface area contributed by atoms with Gasteiger partial charge >= 0.3 is 17.9 Å². The third-order valence-electron chi connectivity index (χ3n) is 2.77.